The van der Waals surface area contributed by atoms with Crippen LogP contribution in [0.3, 0.4) is 0 Å². The molecule has 0 atom stereocenters. The molecule has 0 aromatic heterocycles. The van der Waals surface area contributed by atoms with Gasteiger partial charge in [0, 0.05) is 0 Å². The summed E-state index contributed by atoms with van der Waals surface area (Å²) in [4.78, 5) is 10.1. The van der Waals surface area contributed by atoms with Gasteiger partial charge in [-0.25, -0.2) is 0 Å². The smallest absolute Gasteiger partial charge is 0.346 e. The lowest BCUT2D eigenvalue weighted by Gasteiger charge is -2.10. The van der Waals surface area contributed by atoms with E-state index in [1.165, 1.54) is 12.1 Å². The maximum atomic E-state index is 13.5. The summed E-state index contributed by atoms with van der Waals surface area (Å²) in [7, 11) is 0. The van der Waals surface area contributed by atoms with Crippen molar-refractivity contribution in [3.05, 3.63) is 64.0 Å². The molecule has 0 aliphatic heterocycles. The van der Waals surface area contributed by atoms with E-state index >= 15 is 0 Å². The van der Waals surface area contributed by atoms with E-state index in [1.54, 1.807) is 18.2 Å². The van der Waals surface area contributed by atoms with Crippen LogP contribution in [-0.2, 0) is 0 Å². The number of hydrogen-bond acceptors (Lipinski definition) is 3. The summed E-state index contributed by atoms with van der Waals surface area (Å²) >= 11 is 0. The van der Waals surface area contributed by atoms with E-state index in [9.17, 15) is 14.5 Å². The molecule has 104 valence electrons. The lowest BCUT2D eigenvalue weighted by molar-refractivity contribution is -0.388. The van der Waals surface area contributed by atoms with Crippen LogP contribution in [0.4, 0.5) is 10.1 Å². The third-order valence-electron chi connectivity index (χ3n) is 2.88. The summed E-state index contributed by atoms with van der Waals surface area (Å²) in [6, 6.07) is 11.0. The molecule has 4 nitrogen and oxygen atoms in total. The highest BCUT2D eigenvalue weighted by Crippen LogP contribution is 2.34. The lowest BCUT2D eigenvalue weighted by Crippen LogP contribution is -1.97. The van der Waals surface area contributed by atoms with Gasteiger partial charge in [-0.3, -0.25) is 10.1 Å². The Labute approximate surface area is 116 Å². The van der Waals surface area contributed by atoms with Crippen LogP contribution in [0.1, 0.15) is 25.3 Å². The number of nitrogens with zero attached hydrogens (tertiary/aromatic N) is 1. The van der Waals surface area contributed by atoms with Gasteiger partial charge in [0.1, 0.15) is 5.75 Å². The van der Waals surface area contributed by atoms with Gasteiger partial charge >= 0.3 is 5.69 Å². The summed E-state index contributed by atoms with van der Waals surface area (Å²) in [6.45, 7) is 4.06. The van der Waals surface area contributed by atoms with Crippen LogP contribution in [0.2, 0.25) is 0 Å². The molecule has 0 spiro atoms. The zero-order valence-electron chi connectivity index (χ0n) is 11.2. The first-order valence-electron chi connectivity index (χ1n) is 6.19. The van der Waals surface area contributed by atoms with Gasteiger partial charge < -0.3 is 4.74 Å². The van der Waals surface area contributed by atoms with Gasteiger partial charge in [0.25, 0.3) is 0 Å². The van der Waals surface area contributed by atoms with Gasteiger partial charge in [-0.1, -0.05) is 32.0 Å². The number of para-hydroxylation sites is 1. The minimum atomic E-state index is -0.910. The maximum Gasteiger partial charge on any atom is 0.346 e. The highest BCUT2D eigenvalue weighted by atomic mass is 19.1. The fourth-order valence-corrected chi connectivity index (χ4v) is 1.82. The molecule has 2 rings (SSSR count). The van der Waals surface area contributed by atoms with Gasteiger partial charge in [-0.2, -0.15) is 4.39 Å². The summed E-state index contributed by atoms with van der Waals surface area (Å²) in [5, 5.41) is 10.9. The van der Waals surface area contributed by atoms with Crippen molar-refractivity contribution in [2.45, 2.75) is 19.8 Å². The molecular formula is C15H14FNO3. The number of benzene rings is 2. The van der Waals surface area contributed by atoms with Crippen LogP contribution in [0, 0.1) is 15.9 Å². The van der Waals surface area contributed by atoms with E-state index in [2.05, 4.69) is 0 Å². The molecule has 0 aliphatic rings. The minimum absolute atomic E-state index is 0.101. The Morgan fingerprint density at radius 1 is 1.20 bits per heavy atom. The van der Waals surface area contributed by atoms with Crippen LogP contribution in [0.15, 0.2) is 42.5 Å². The molecule has 0 aliphatic carbocycles. The molecule has 2 aromatic rings. The SMILES string of the molecule is CC(C)c1cccc(Oc2cccc(F)c2[N+](=O)[O-])c1. The topological polar surface area (TPSA) is 52.4 Å². The summed E-state index contributed by atoms with van der Waals surface area (Å²) < 4.78 is 19.0. The largest absolute Gasteiger partial charge is 0.450 e. The van der Waals surface area contributed by atoms with Crippen molar-refractivity contribution >= 4 is 5.69 Å². The average molecular weight is 275 g/mol. The number of rotatable bonds is 4. The predicted molar refractivity (Wildman–Crippen MR) is 73.7 cm³/mol. The molecule has 0 unspecified atom stereocenters. The molecule has 20 heavy (non-hydrogen) atoms. The van der Waals surface area contributed by atoms with E-state index in [1.807, 2.05) is 19.9 Å². The van der Waals surface area contributed by atoms with Gasteiger partial charge in [-0.15, -0.1) is 0 Å². The van der Waals surface area contributed by atoms with Crippen molar-refractivity contribution in [2.24, 2.45) is 0 Å². The number of ether oxygens (including phenoxy) is 1. The highest BCUT2D eigenvalue weighted by molar-refractivity contribution is 5.49. The van der Waals surface area contributed by atoms with Crippen molar-refractivity contribution in [3.63, 3.8) is 0 Å². The van der Waals surface area contributed by atoms with Crippen LogP contribution in [0.5, 0.6) is 11.5 Å². The zero-order chi connectivity index (χ0) is 14.7. The minimum Gasteiger partial charge on any atom is -0.450 e. The molecule has 0 radical (unpaired) electrons. The lowest BCUT2D eigenvalue weighted by atomic mass is 10.0. The quantitative estimate of drug-likeness (QED) is 0.602. The zero-order valence-corrected chi connectivity index (χ0v) is 11.2. The van der Waals surface area contributed by atoms with E-state index in [-0.39, 0.29) is 5.75 Å². The molecule has 5 heteroatoms. The van der Waals surface area contributed by atoms with Crippen molar-refractivity contribution in [1.29, 1.82) is 0 Å². The third-order valence-corrected chi connectivity index (χ3v) is 2.88. The van der Waals surface area contributed by atoms with E-state index in [4.69, 9.17) is 4.74 Å². The van der Waals surface area contributed by atoms with E-state index < -0.39 is 16.4 Å². The second-order valence-corrected chi connectivity index (χ2v) is 4.67. The Bertz CT molecular complexity index is 641. The Kier molecular flexibility index (Phi) is 3.98. The Balaban J connectivity index is 2.38. The number of hydrogen-bond donors (Lipinski definition) is 0. The van der Waals surface area contributed by atoms with Gasteiger partial charge in [0.05, 0.1) is 4.92 Å². The molecule has 0 amide bonds. The molecule has 0 N–H and O–H groups in total. The summed E-state index contributed by atoms with van der Waals surface area (Å²) in [6.07, 6.45) is 0. The monoisotopic (exact) mass is 275 g/mol. The number of nitro benzene ring substituents is 1. The second kappa shape index (κ2) is 5.69. The standard InChI is InChI=1S/C15H14FNO3/c1-10(2)11-5-3-6-12(9-11)20-14-8-4-7-13(16)15(14)17(18)19/h3-10H,1-2H3. The molecular weight excluding hydrogens is 261 g/mol. The van der Waals surface area contributed by atoms with Crippen LogP contribution < -0.4 is 4.74 Å². The molecule has 0 heterocycles. The average Bonchev–Trinajstić information content (AvgIpc) is 2.38. The fourth-order valence-electron chi connectivity index (χ4n) is 1.82. The van der Waals surface area contributed by atoms with Gasteiger partial charge in [0.2, 0.25) is 11.6 Å². The van der Waals surface area contributed by atoms with Crippen molar-refractivity contribution < 1.29 is 14.1 Å². The first-order valence-corrected chi connectivity index (χ1v) is 6.19. The van der Waals surface area contributed by atoms with Crippen molar-refractivity contribution in [2.75, 3.05) is 0 Å². The molecule has 0 saturated carbocycles. The summed E-state index contributed by atoms with van der Waals surface area (Å²) in [5.41, 5.74) is 0.393. The molecule has 0 fully saturated rings. The highest BCUT2D eigenvalue weighted by Gasteiger charge is 2.21. The molecule has 2 aromatic carbocycles. The Morgan fingerprint density at radius 3 is 2.55 bits per heavy atom. The second-order valence-electron chi connectivity index (χ2n) is 4.67. The number of halogens is 1. The van der Waals surface area contributed by atoms with Crippen molar-refractivity contribution in [1.82, 2.24) is 0 Å². The van der Waals surface area contributed by atoms with Gasteiger partial charge in [-0.05, 0) is 35.7 Å². The van der Waals surface area contributed by atoms with Gasteiger partial charge in [0.15, 0.2) is 0 Å². The van der Waals surface area contributed by atoms with Crippen molar-refractivity contribution in [3.8, 4) is 11.5 Å². The fraction of sp³-hybridized carbons (Fsp3) is 0.200. The molecule has 0 saturated heterocycles. The van der Waals surface area contributed by atoms with E-state index in [0.29, 0.717) is 11.7 Å². The molecule has 0 bridgehead atoms. The van der Waals surface area contributed by atoms with Crippen LogP contribution in [-0.4, -0.2) is 4.92 Å². The Hall–Kier alpha value is -2.43. The van der Waals surface area contributed by atoms with Crippen LogP contribution >= 0.6 is 0 Å². The van der Waals surface area contributed by atoms with E-state index in [0.717, 1.165) is 11.6 Å². The first kappa shape index (κ1) is 14.0. The normalized spacial score (nSPS) is 10.6. The maximum absolute atomic E-state index is 13.5. The predicted octanol–water partition coefficient (Wildman–Crippen LogP) is 4.65. The number of nitro groups is 1. The Morgan fingerprint density at radius 2 is 1.90 bits per heavy atom. The first-order chi connectivity index (χ1) is 9.49. The third kappa shape index (κ3) is 2.93. The summed E-state index contributed by atoms with van der Waals surface area (Å²) in [5.74, 6) is -0.255. The van der Waals surface area contributed by atoms with Crippen LogP contribution in [0.25, 0.3) is 0 Å².